The van der Waals surface area contributed by atoms with Gasteiger partial charge in [0.15, 0.2) is 0 Å². The number of hydrogen-bond donors (Lipinski definition) is 2. The summed E-state index contributed by atoms with van der Waals surface area (Å²) in [5, 5.41) is 21.1. The Morgan fingerprint density at radius 2 is 1.69 bits per heavy atom. The Morgan fingerprint density at radius 3 is 2.31 bits per heavy atom. The number of benzene rings is 2. The summed E-state index contributed by atoms with van der Waals surface area (Å²) in [4.78, 5) is 18.5. The molecular weight excluding hydrogens is 370 g/mol. The van der Waals surface area contributed by atoms with Crippen LogP contribution in [0.5, 0.6) is 0 Å². The predicted octanol–water partition coefficient (Wildman–Crippen LogP) is 2.96. The van der Waals surface area contributed by atoms with Crippen molar-refractivity contribution in [3.05, 3.63) is 66.5 Å². The highest BCUT2D eigenvalue weighted by Gasteiger charge is 2.26. The van der Waals surface area contributed by atoms with Crippen LogP contribution in [-0.2, 0) is 9.63 Å². The summed E-state index contributed by atoms with van der Waals surface area (Å²) in [6.45, 7) is 1.75. The average molecular weight is 391 g/mol. The number of aromatic nitrogens is 3. The van der Waals surface area contributed by atoms with Crippen molar-refractivity contribution in [2.24, 2.45) is 11.1 Å². The number of rotatable bonds is 6. The minimum absolute atomic E-state index is 0.166. The van der Waals surface area contributed by atoms with Crippen LogP contribution < -0.4 is 5.48 Å². The van der Waals surface area contributed by atoms with E-state index in [9.17, 15) is 4.79 Å². The van der Waals surface area contributed by atoms with Gasteiger partial charge < -0.3 is 4.84 Å². The largest absolute Gasteiger partial charge is 0.392 e. The fourth-order valence-electron chi connectivity index (χ4n) is 3.33. The van der Waals surface area contributed by atoms with Crippen molar-refractivity contribution in [1.82, 2.24) is 20.5 Å². The highest BCUT2D eigenvalue weighted by Crippen LogP contribution is 2.25. The molecule has 0 spiro atoms. The first kappa shape index (κ1) is 18.8. The normalized spacial score (nSPS) is 16.8. The molecule has 8 heteroatoms. The molecule has 0 fully saturated rings. The molecule has 8 nitrogen and oxygen atoms in total. The second kappa shape index (κ2) is 8.24. The van der Waals surface area contributed by atoms with E-state index >= 15 is 0 Å². The molecule has 29 heavy (non-hydrogen) atoms. The standard InChI is InChI=1S/C21H21N5O3/c1-14(21(27)24-28)12-19-13-20(25-29-19)17-4-2-15(3-5-17)16-6-8-18(9-7-16)26-22-10-11-23-26/h2-11,14,19,28H,12-13H2,1H3,(H,24,27)/t14-,19-/m0/s1. The van der Waals surface area contributed by atoms with Crippen LogP contribution >= 0.6 is 0 Å². The lowest BCUT2D eigenvalue weighted by molar-refractivity contribution is -0.134. The van der Waals surface area contributed by atoms with E-state index in [1.54, 1.807) is 29.6 Å². The highest BCUT2D eigenvalue weighted by molar-refractivity contribution is 6.01. The third-order valence-electron chi connectivity index (χ3n) is 4.98. The van der Waals surface area contributed by atoms with E-state index < -0.39 is 5.91 Å². The van der Waals surface area contributed by atoms with Crippen LogP contribution in [0.2, 0.25) is 0 Å². The van der Waals surface area contributed by atoms with Gasteiger partial charge in [-0.05, 0) is 35.2 Å². The molecule has 0 aliphatic carbocycles. The average Bonchev–Trinajstić information content (AvgIpc) is 3.46. The van der Waals surface area contributed by atoms with E-state index in [2.05, 4.69) is 15.4 Å². The van der Waals surface area contributed by atoms with Crippen molar-refractivity contribution in [2.75, 3.05) is 0 Å². The minimum Gasteiger partial charge on any atom is -0.392 e. The van der Waals surface area contributed by atoms with Crippen molar-refractivity contribution in [3.8, 4) is 16.8 Å². The van der Waals surface area contributed by atoms with E-state index in [0.29, 0.717) is 12.8 Å². The topological polar surface area (TPSA) is 102 Å². The fraction of sp³-hybridized carbons (Fsp3) is 0.238. The van der Waals surface area contributed by atoms with Gasteiger partial charge in [0.2, 0.25) is 5.91 Å². The molecule has 1 aromatic heterocycles. The number of oxime groups is 1. The van der Waals surface area contributed by atoms with Crippen LogP contribution in [0.25, 0.3) is 16.8 Å². The number of hydroxylamine groups is 1. The molecule has 0 saturated heterocycles. The minimum atomic E-state index is -0.416. The Bertz CT molecular complexity index is 998. The number of carbonyl (C=O) groups excluding carboxylic acids is 1. The predicted molar refractivity (Wildman–Crippen MR) is 107 cm³/mol. The van der Waals surface area contributed by atoms with Gasteiger partial charge >= 0.3 is 0 Å². The summed E-state index contributed by atoms with van der Waals surface area (Å²) in [6, 6.07) is 16.2. The first-order valence-electron chi connectivity index (χ1n) is 9.38. The molecule has 4 rings (SSSR count). The van der Waals surface area contributed by atoms with E-state index in [1.807, 2.05) is 48.5 Å². The SMILES string of the molecule is C[C@@H](C[C@H]1CC(c2ccc(-c3ccc(-n4nccn4)cc3)cc2)=NO1)C(=O)NO. The lowest BCUT2D eigenvalue weighted by Gasteiger charge is -2.13. The fourth-order valence-corrected chi connectivity index (χ4v) is 3.33. The molecule has 2 aromatic carbocycles. The first-order valence-corrected chi connectivity index (χ1v) is 9.38. The quantitative estimate of drug-likeness (QED) is 0.497. The summed E-state index contributed by atoms with van der Waals surface area (Å²) in [6.07, 6.45) is 4.26. The molecule has 0 radical (unpaired) electrons. The maximum atomic E-state index is 11.4. The molecule has 148 valence electrons. The summed E-state index contributed by atoms with van der Waals surface area (Å²) in [5.74, 6) is -0.761. The number of nitrogens with zero attached hydrogens (tertiary/aromatic N) is 4. The molecule has 3 aromatic rings. The highest BCUT2D eigenvalue weighted by atomic mass is 16.6. The Labute approximate surface area is 167 Å². The van der Waals surface area contributed by atoms with Crippen LogP contribution in [0.3, 0.4) is 0 Å². The third kappa shape index (κ3) is 4.17. The molecule has 1 aliphatic rings. The monoisotopic (exact) mass is 391 g/mol. The Balaban J connectivity index is 1.40. The van der Waals surface area contributed by atoms with E-state index in [4.69, 9.17) is 10.0 Å². The molecule has 2 atom stereocenters. The lowest BCUT2D eigenvalue weighted by atomic mass is 9.96. The molecule has 1 aliphatic heterocycles. The van der Waals surface area contributed by atoms with E-state index in [-0.39, 0.29) is 12.0 Å². The number of amides is 1. The molecule has 0 saturated carbocycles. The van der Waals surface area contributed by atoms with Crippen molar-refractivity contribution in [1.29, 1.82) is 0 Å². The summed E-state index contributed by atoms with van der Waals surface area (Å²) >= 11 is 0. The smallest absolute Gasteiger partial charge is 0.246 e. The van der Waals surface area contributed by atoms with Gasteiger partial charge in [-0.2, -0.15) is 15.0 Å². The Kier molecular flexibility index (Phi) is 5.35. The maximum Gasteiger partial charge on any atom is 0.246 e. The van der Waals surface area contributed by atoms with Crippen LogP contribution in [0.1, 0.15) is 25.3 Å². The Hall–Kier alpha value is -3.52. The van der Waals surface area contributed by atoms with Crippen LogP contribution in [0.4, 0.5) is 0 Å². The van der Waals surface area contributed by atoms with E-state index in [0.717, 1.165) is 28.1 Å². The molecular formula is C21H21N5O3. The van der Waals surface area contributed by atoms with Crippen molar-refractivity contribution in [2.45, 2.75) is 25.9 Å². The zero-order chi connectivity index (χ0) is 20.2. The molecule has 2 heterocycles. The van der Waals surface area contributed by atoms with Crippen LogP contribution in [0, 0.1) is 5.92 Å². The molecule has 0 bridgehead atoms. The summed E-state index contributed by atoms with van der Waals surface area (Å²) in [5.41, 5.74) is 6.62. The molecule has 0 unspecified atom stereocenters. The van der Waals surface area contributed by atoms with E-state index in [1.165, 1.54) is 0 Å². The number of nitrogens with one attached hydrogen (secondary N) is 1. The van der Waals surface area contributed by atoms with Crippen LogP contribution in [-0.4, -0.2) is 37.9 Å². The van der Waals surface area contributed by atoms with Gasteiger partial charge in [-0.3, -0.25) is 10.0 Å². The summed E-state index contributed by atoms with van der Waals surface area (Å²) < 4.78 is 0. The second-order valence-corrected chi connectivity index (χ2v) is 7.03. The first-order chi connectivity index (χ1) is 14.1. The Morgan fingerprint density at radius 1 is 1.10 bits per heavy atom. The van der Waals surface area contributed by atoms with Crippen molar-refractivity contribution in [3.63, 3.8) is 0 Å². The van der Waals surface area contributed by atoms with Gasteiger partial charge in [0.05, 0.1) is 23.8 Å². The third-order valence-corrected chi connectivity index (χ3v) is 4.98. The lowest BCUT2D eigenvalue weighted by Crippen LogP contribution is -2.28. The molecule has 2 N–H and O–H groups in total. The maximum absolute atomic E-state index is 11.4. The van der Waals surface area contributed by atoms with Gasteiger partial charge in [0.25, 0.3) is 0 Å². The van der Waals surface area contributed by atoms with Gasteiger partial charge in [-0.25, -0.2) is 5.48 Å². The van der Waals surface area contributed by atoms with Crippen LogP contribution in [0.15, 0.2) is 66.1 Å². The zero-order valence-electron chi connectivity index (χ0n) is 15.9. The zero-order valence-corrected chi connectivity index (χ0v) is 15.9. The van der Waals surface area contributed by atoms with Crippen molar-refractivity contribution >= 4 is 11.6 Å². The van der Waals surface area contributed by atoms with Crippen molar-refractivity contribution < 1.29 is 14.8 Å². The summed E-state index contributed by atoms with van der Waals surface area (Å²) in [7, 11) is 0. The second-order valence-electron chi connectivity index (χ2n) is 7.03. The van der Waals surface area contributed by atoms with Gasteiger partial charge in [0, 0.05) is 12.3 Å². The molecule has 1 amide bonds. The van der Waals surface area contributed by atoms with Gasteiger partial charge in [0.1, 0.15) is 6.10 Å². The number of carbonyl (C=O) groups is 1. The van der Waals surface area contributed by atoms with Gasteiger partial charge in [-0.15, -0.1) is 0 Å². The number of hydrogen-bond acceptors (Lipinski definition) is 6. The van der Waals surface area contributed by atoms with Gasteiger partial charge in [-0.1, -0.05) is 48.5 Å².